The standard InChI is InChI=1S/C16H21N3O2S/c17-15(20)10-19-7-5-12(6-8-19)18-16(21)14-9-11-3-1-2-4-13(11)22-14/h1-4,12,14H,5-10H2,(H2,17,20)(H,18,21). The van der Waals surface area contributed by atoms with Gasteiger partial charge in [-0.1, -0.05) is 18.2 Å². The Kier molecular flexibility index (Phi) is 4.69. The molecule has 1 aromatic rings. The van der Waals surface area contributed by atoms with E-state index in [9.17, 15) is 9.59 Å². The fraction of sp³-hybridized carbons (Fsp3) is 0.500. The highest BCUT2D eigenvalue weighted by Gasteiger charge is 2.30. The van der Waals surface area contributed by atoms with Gasteiger partial charge in [-0.15, -0.1) is 11.8 Å². The summed E-state index contributed by atoms with van der Waals surface area (Å²) >= 11 is 1.66. The second-order valence-electron chi connectivity index (χ2n) is 5.94. The number of amides is 2. The lowest BCUT2D eigenvalue weighted by Gasteiger charge is -2.31. The number of nitrogens with one attached hydrogen (secondary N) is 1. The van der Waals surface area contributed by atoms with Gasteiger partial charge in [-0.2, -0.15) is 0 Å². The predicted octanol–water partition coefficient (Wildman–Crippen LogP) is 0.769. The Hall–Kier alpha value is -1.53. The van der Waals surface area contributed by atoms with Gasteiger partial charge in [-0.3, -0.25) is 14.5 Å². The van der Waals surface area contributed by atoms with Crippen LogP contribution in [0, 0.1) is 0 Å². The fourth-order valence-corrected chi connectivity index (χ4v) is 4.28. The van der Waals surface area contributed by atoms with E-state index in [1.807, 2.05) is 17.0 Å². The maximum absolute atomic E-state index is 12.4. The Bertz CT molecular complexity index is 545. The molecule has 0 aromatic heterocycles. The monoisotopic (exact) mass is 319 g/mol. The molecule has 2 amide bonds. The summed E-state index contributed by atoms with van der Waals surface area (Å²) in [6.07, 6.45) is 2.57. The molecule has 118 valence electrons. The summed E-state index contributed by atoms with van der Waals surface area (Å²) in [5.41, 5.74) is 6.48. The van der Waals surface area contributed by atoms with Crippen molar-refractivity contribution in [2.24, 2.45) is 5.73 Å². The minimum absolute atomic E-state index is 0.0129. The molecule has 0 radical (unpaired) electrons. The lowest BCUT2D eigenvalue weighted by atomic mass is 10.0. The molecule has 1 unspecified atom stereocenters. The van der Waals surface area contributed by atoms with Crippen LogP contribution in [0.15, 0.2) is 29.2 Å². The molecule has 22 heavy (non-hydrogen) atoms. The number of likely N-dealkylation sites (tertiary alicyclic amines) is 1. The molecule has 3 rings (SSSR count). The quantitative estimate of drug-likeness (QED) is 0.859. The molecule has 0 aliphatic carbocycles. The van der Waals surface area contributed by atoms with Crippen molar-refractivity contribution in [3.05, 3.63) is 29.8 Å². The van der Waals surface area contributed by atoms with Crippen molar-refractivity contribution in [1.82, 2.24) is 10.2 Å². The molecule has 2 aliphatic rings. The minimum Gasteiger partial charge on any atom is -0.369 e. The van der Waals surface area contributed by atoms with Gasteiger partial charge in [0.05, 0.1) is 11.8 Å². The van der Waals surface area contributed by atoms with Crippen LogP contribution in [0.25, 0.3) is 0 Å². The van der Waals surface area contributed by atoms with E-state index in [1.54, 1.807) is 11.8 Å². The number of carbonyl (C=O) groups is 2. The van der Waals surface area contributed by atoms with Gasteiger partial charge in [-0.25, -0.2) is 0 Å². The molecule has 0 bridgehead atoms. The zero-order valence-corrected chi connectivity index (χ0v) is 13.3. The van der Waals surface area contributed by atoms with Gasteiger partial charge in [-0.05, 0) is 30.9 Å². The second kappa shape index (κ2) is 6.71. The van der Waals surface area contributed by atoms with Crippen molar-refractivity contribution in [2.75, 3.05) is 19.6 Å². The largest absolute Gasteiger partial charge is 0.369 e. The van der Waals surface area contributed by atoms with E-state index >= 15 is 0 Å². The van der Waals surface area contributed by atoms with Crippen molar-refractivity contribution >= 4 is 23.6 Å². The number of benzene rings is 1. The summed E-state index contributed by atoms with van der Waals surface area (Å²) in [5, 5.41) is 3.15. The first kappa shape index (κ1) is 15.4. The van der Waals surface area contributed by atoms with Crippen molar-refractivity contribution in [3.63, 3.8) is 0 Å². The first-order chi connectivity index (χ1) is 10.6. The summed E-state index contributed by atoms with van der Waals surface area (Å²) in [6, 6.07) is 8.42. The van der Waals surface area contributed by atoms with Gasteiger partial charge >= 0.3 is 0 Å². The molecule has 1 fully saturated rings. The third kappa shape index (κ3) is 3.62. The maximum Gasteiger partial charge on any atom is 0.234 e. The van der Waals surface area contributed by atoms with E-state index in [4.69, 9.17) is 5.73 Å². The first-order valence-corrected chi connectivity index (χ1v) is 8.55. The minimum atomic E-state index is -0.289. The number of nitrogens with zero attached hydrogens (tertiary/aromatic N) is 1. The molecule has 0 saturated carbocycles. The van der Waals surface area contributed by atoms with Crippen LogP contribution < -0.4 is 11.1 Å². The van der Waals surface area contributed by atoms with Crippen molar-refractivity contribution in [3.8, 4) is 0 Å². The van der Waals surface area contributed by atoms with Gasteiger partial charge in [0.1, 0.15) is 0 Å². The van der Waals surface area contributed by atoms with Gasteiger partial charge < -0.3 is 11.1 Å². The molecule has 1 atom stereocenters. The smallest absolute Gasteiger partial charge is 0.234 e. The van der Waals surface area contributed by atoms with E-state index in [0.717, 1.165) is 32.4 Å². The van der Waals surface area contributed by atoms with Crippen LogP contribution in [0.3, 0.4) is 0 Å². The van der Waals surface area contributed by atoms with Crippen LogP contribution in [0.2, 0.25) is 0 Å². The van der Waals surface area contributed by atoms with Crippen LogP contribution >= 0.6 is 11.8 Å². The average molecular weight is 319 g/mol. The number of hydrogen-bond acceptors (Lipinski definition) is 4. The van der Waals surface area contributed by atoms with E-state index in [-0.39, 0.29) is 23.1 Å². The number of fused-ring (bicyclic) bond motifs is 1. The number of primary amides is 1. The van der Waals surface area contributed by atoms with Crippen LogP contribution in [0.5, 0.6) is 0 Å². The summed E-state index contributed by atoms with van der Waals surface area (Å²) in [7, 11) is 0. The predicted molar refractivity (Wildman–Crippen MR) is 86.6 cm³/mol. The SMILES string of the molecule is NC(=O)CN1CCC(NC(=O)C2Cc3ccccc3S2)CC1. The molecular formula is C16H21N3O2S. The van der Waals surface area contributed by atoms with Crippen LogP contribution in [-0.4, -0.2) is 47.6 Å². The molecular weight excluding hydrogens is 298 g/mol. The van der Waals surface area contributed by atoms with E-state index in [0.29, 0.717) is 6.54 Å². The van der Waals surface area contributed by atoms with Crippen LogP contribution in [0.4, 0.5) is 0 Å². The molecule has 5 nitrogen and oxygen atoms in total. The third-order valence-corrected chi connectivity index (χ3v) is 5.57. The fourth-order valence-electron chi connectivity index (χ4n) is 3.08. The first-order valence-electron chi connectivity index (χ1n) is 7.67. The summed E-state index contributed by atoms with van der Waals surface area (Å²) in [6.45, 7) is 1.94. The third-order valence-electron chi connectivity index (χ3n) is 4.25. The Balaban J connectivity index is 1.47. The van der Waals surface area contributed by atoms with Gasteiger partial charge in [0.25, 0.3) is 0 Å². The number of nitrogens with two attached hydrogens (primary N) is 1. The number of carbonyl (C=O) groups excluding carboxylic acids is 2. The Morgan fingerprint density at radius 3 is 2.68 bits per heavy atom. The zero-order chi connectivity index (χ0) is 15.5. The Labute approximate surface area is 134 Å². The second-order valence-corrected chi connectivity index (χ2v) is 7.19. The van der Waals surface area contributed by atoms with Crippen molar-refractivity contribution < 1.29 is 9.59 Å². The highest BCUT2D eigenvalue weighted by molar-refractivity contribution is 8.01. The Morgan fingerprint density at radius 2 is 2.00 bits per heavy atom. The summed E-state index contributed by atoms with van der Waals surface area (Å²) < 4.78 is 0. The molecule has 2 heterocycles. The Morgan fingerprint density at radius 1 is 1.27 bits per heavy atom. The topological polar surface area (TPSA) is 75.4 Å². The van der Waals surface area contributed by atoms with Crippen LogP contribution in [0.1, 0.15) is 18.4 Å². The van der Waals surface area contributed by atoms with Gasteiger partial charge in [0.2, 0.25) is 11.8 Å². The molecule has 3 N–H and O–H groups in total. The molecule has 2 aliphatic heterocycles. The maximum atomic E-state index is 12.4. The van der Waals surface area contributed by atoms with E-state index < -0.39 is 0 Å². The van der Waals surface area contributed by atoms with E-state index in [2.05, 4.69) is 17.4 Å². The van der Waals surface area contributed by atoms with Gasteiger partial charge in [0, 0.05) is 24.0 Å². The number of piperidine rings is 1. The highest BCUT2D eigenvalue weighted by atomic mass is 32.2. The summed E-state index contributed by atoms with van der Waals surface area (Å²) in [4.78, 5) is 26.6. The molecule has 6 heteroatoms. The number of rotatable bonds is 4. The van der Waals surface area contributed by atoms with Crippen LogP contribution in [-0.2, 0) is 16.0 Å². The zero-order valence-electron chi connectivity index (χ0n) is 12.5. The van der Waals surface area contributed by atoms with Gasteiger partial charge in [0.15, 0.2) is 0 Å². The van der Waals surface area contributed by atoms with Crippen molar-refractivity contribution in [2.45, 2.75) is 35.4 Å². The molecule has 1 saturated heterocycles. The molecule has 1 aromatic carbocycles. The lowest BCUT2D eigenvalue weighted by Crippen LogP contribution is -2.48. The van der Waals surface area contributed by atoms with E-state index in [1.165, 1.54) is 10.5 Å². The molecule has 0 spiro atoms. The number of hydrogen-bond donors (Lipinski definition) is 2. The lowest BCUT2D eigenvalue weighted by molar-refractivity contribution is -0.122. The highest BCUT2D eigenvalue weighted by Crippen LogP contribution is 2.36. The van der Waals surface area contributed by atoms with Crippen molar-refractivity contribution in [1.29, 1.82) is 0 Å². The summed E-state index contributed by atoms with van der Waals surface area (Å²) in [5.74, 6) is -0.155. The average Bonchev–Trinajstić information content (AvgIpc) is 2.93. The normalized spacial score (nSPS) is 22.3. The number of thioether (sulfide) groups is 1.